The van der Waals surface area contributed by atoms with E-state index in [1.165, 1.54) is 0 Å². The molecule has 1 N–H and O–H groups in total. The maximum absolute atomic E-state index is 9.42. The Balaban J connectivity index is 2.73. The zero-order valence-electron chi connectivity index (χ0n) is 9.21. The molecule has 1 heterocycles. The number of aliphatic hydroxyl groups is 1. The molecule has 0 saturated heterocycles. The molecule has 0 bridgehead atoms. The standard InChI is InChI=1S/C11H19NOS/c1-4-11(5-2,8-13)6-10-12-9(3)7-14-10/h7,13H,4-6,8H2,1-3H3. The lowest BCUT2D eigenvalue weighted by Crippen LogP contribution is -2.26. The second-order valence-corrected chi connectivity index (χ2v) is 4.87. The van der Waals surface area contributed by atoms with E-state index in [-0.39, 0.29) is 12.0 Å². The topological polar surface area (TPSA) is 33.1 Å². The van der Waals surface area contributed by atoms with Gasteiger partial charge in [-0.3, -0.25) is 0 Å². The van der Waals surface area contributed by atoms with Gasteiger partial charge in [-0.2, -0.15) is 0 Å². The minimum absolute atomic E-state index is 0.0459. The van der Waals surface area contributed by atoms with Crippen molar-refractivity contribution in [1.82, 2.24) is 4.98 Å². The quantitative estimate of drug-likeness (QED) is 0.816. The molecule has 0 saturated carbocycles. The van der Waals surface area contributed by atoms with E-state index in [0.717, 1.165) is 30.0 Å². The lowest BCUT2D eigenvalue weighted by Gasteiger charge is -2.28. The van der Waals surface area contributed by atoms with Crippen LogP contribution in [0.3, 0.4) is 0 Å². The first-order valence-electron chi connectivity index (χ1n) is 5.17. The normalized spacial score (nSPS) is 12.0. The molecule has 1 aromatic heterocycles. The fourth-order valence-corrected chi connectivity index (χ4v) is 2.53. The van der Waals surface area contributed by atoms with Gasteiger partial charge in [0.25, 0.3) is 0 Å². The summed E-state index contributed by atoms with van der Waals surface area (Å²) in [5.41, 5.74) is 1.13. The maximum Gasteiger partial charge on any atom is 0.0934 e. The van der Waals surface area contributed by atoms with Crippen molar-refractivity contribution in [2.45, 2.75) is 40.0 Å². The molecule has 0 amide bonds. The van der Waals surface area contributed by atoms with Crippen molar-refractivity contribution in [3.05, 3.63) is 16.1 Å². The fourth-order valence-electron chi connectivity index (χ4n) is 1.58. The summed E-state index contributed by atoms with van der Waals surface area (Å²) in [6.45, 7) is 6.55. The zero-order chi connectivity index (χ0) is 10.6. The first-order valence-corrected chi connectivity index (χ1v) is 6.05. The predicted molar refractivity (Wildman–Crippen MR) is 60.7 cm³/mol. The highest BCUT2D eigenvalue weighted by Gasteiger charge is 2.26. The van der Waals surface area contributed by atoms with E-state index in [9.17, 15) is 5.11 Å². The molecule has 2 nitrogen and oxygen atoms in total. The third kappa shape index (κ3) is 2.55. The number of aliphatic hydroxyl groups excluding tert-OH is 1. The molecule has 14 heavy (non-hydrogen) atoms. The minimum atomic E-state index is 0.0459. The number of hydrogen-bond donors (Lipinski definition) is 1. The van der Waals surface area contributed by atoms with E-state index >= 15 is 0 Å². The lowest BCUT2D eigenvalue weighted by atomic mass is 9.80. The van der Waals surface area contributed by atoms with Crippen LogP contribution in [0.2, 0.25) is 0 Å². The average molecular weight is 213 g/mol. The molecule has 80 valence electrons. The first kappa shape index (κ1) is 11.7. The van der Waals surface area contributed by atoms with Crippen LogP contribution in [0.15, 0.2) is 5.38 Å². The molecule has 1 aromatic rings. The predicted octanol–water partition coefficient (Wildman–Crippen LogP) is 2.79. The molecule has 0 aromatic carbocycles. The number of aromatic nitrogens is 1. The van der Waals surface area contributed by atoms with Crippen LogP contribution in [0.25, 0.3) is 0 Å². The van der Waals surface area contributed by atoms with Crippen LogP contribution >= 0.6 is 11.3 Å². The molecule has 3 heteroatoms. The number of thiazole rings is 1. The van der Waals surface area contributed by atoms with Crippen LogP contribution in [-0.4, -0.2) is 16.7 Å². The van der Waals surface area contributed by atoms with Gasteiger partial charge in [0.15, 0.2) is 0 Å². The molecular weight excluding hydrogens is 194 g/mol. The molecule has 0 radical (unpaired) electrons. The summed E-state index contributed by atoms with van der Waals surface area (Å²) < 4.78 is 0. The summed E-state index contributed by atoms with van der Waals surface area (Å²) in [4.78, 5) is 4.45. The van der Waals surface area contributed by atoms with Crippen LogP contribution in [0, 0.1) is 12.3 Å². The highest BCUT2D eigenvalue weighted by Crippen LogP contribution is 2.31. The summed E-state index contributed by atoms with van der Waals surface area (Å²) in [6.07, 6.45) is 2.94. The van der Waals surface area contributed by atoms with Gasteiger partial charge in [0.2, 0.25) is 0 Å². The molecule has 0 aliphatic heterocycles. The van der Waals surface area contributed by atoms with Crippen LogP contribution in [-0.2, 0) is 6.42 Å². The Kier molecular flexibility index (Phi) is 4.08. The molecule has 0 aliphatic carbocycles. The highest BCUT2D eigenvalue weighted by atomic mass is 32.1. The first-order chi connectivity index (χ1) is 6.65. The van der Waals surface area contributed by atoms with Gasteiger partial charge in [-0.1, -0.05) is 13.8 Å². The molecule has 0 atom stereocenters. The van der Waals surface area contributed by atoms with Crippen LogP contribution in [0.5, 0.6) is 0 Å². The van der Waals surface area contributed by atoms with Crippen LogP contribution in [0.1, 0.15) is 37.4 Å². The number of rotatable bonds is 5. The Hall–Kier alpha value is -0.410. The van der Waals surface area contributed by atoms with Crippen molar-refractivity contribution < 1.29 is 5.11 Å². The van der Waals surface area contributed by atoms with E-state index in [4.69, 9.17) is 0 Å². The maximum atomic E-state index is 9.42. The van der Waals surface area contributed by atoms with E-state index in [0.29, 0.717) is 0 Å². The van der Waals surface area contributed by atoms with Crippen molar-refractivity contribution in [1.29, 1.82) is 0 Å². The Labute approximate surface area is 90.0 Å². The zero-order valence-corrected chi connectivity index (χ0v) is 10.0. The number of aryl methyl sites for hydroxylation is 1. The van der Waals surface area contributed by atoms with E-state index in [1.807, 2.05) is 6.92 Å². The van der Waals surface area contributed by atoms with Crippen LogP contribution < -0.4 is 0 Å². The van der Waals surface area contributed by atoms with Gasteiger partial charge in [-0.15, -0.1) is 11.3 Å². The number of nitrogens with zero attached hydrogens (tertiary/aromatic N) is 1. The van der Waals surface area contributed by atoms with Gasteiger partial charge in [0, 0.05) is 24.1 Å². The van der Waals surface area contributed by atoms with E-state index in [2.05, 4.69) is 24.2 Å². The van der Waals surface area contributed by atoms with E-state index in [1.54, 1.807) is 11.3 Å². The van der Waals surface area contributed by atoms with Gasteiger partial charge in [0.1, 0.15) is 0 Å². The Morgan fingerprint density at radius 3 is 2.43 bits per heavy atom. The molecule has 0 unspecified atom stereocenters. The molecule has 0 aliphatic rings. The van der Waals surface area contributed by atoms with E-state index < -0.39 is 0 Å². The van der Waals surface area contributed by atoms with Crippen LogP contribution in [0.4, 0.5) is 0 Å². The highest BCUT2D eigenvalue weighted by molar-refractivity contribution is 7.09. The van der Waals surface area contributed by atoms with Crippen molar-refractivity contribution >= 4 is 11.3 Å². The van der Waals surface area contributed by atoms with Gasteiger partial charge >= 0.3 is 0 Å². The third-order valence-electron chi connectivity index (χ3n) is 3.03. The number of hydrogen-bond acceptors (Lipinski definition) is 3. The van der Waals surface area contributed by atoms with Crippen molar-refractivity contribution in [3.63, 3.8) is 0 Å². The van der Waals surface area contributed by atoms with Crippen molar-refractivity contribution in [2.24, 2.45) is 5.41 Å². The summed E-state index contributed by atoms with van der Waals surface area (Å²) in [5.74, 6) is 0. The molecule has 0 fully saturated rings. The molecular formula is C11H19NOS. The van der Waals surface area contributed by atoms with Gasteiger partial charge in [-0.25, -0.2) is 4.98 Å². The fraction of sp³-hybridized carbons (Fsp3) is 0.727. The summed E-state index contributed by atoms with van der Waals surface area (Å²) in [6, 6.07) is 0. The van der Waals surface area contributed by atoms with Gasteiger partial charge in [0.05, 0.1) is 5.01 Å². The van der Waals surface area contributed by atoms with Gasteiger partial charge in [-0.05, 0) is 25.2 Å². The van der Waals surface area contributed by atoms with Crippen molar-refractivity contribution in [3.8, 4) is 0 Å². The second kappa shape index (κ2) is 4.89. The second-order valence-electron chi connectivity index (χ2n) is 3.92. The lowest BCUT2D eigenvalue weighted by molar-refractivity contribution is 0.115. The average Bonchev–Trinajstić information content (AvgIpc) is 2.61. The Morgan fingerprint density at radius 2 is 2.07 bits per heavy atom. The summed E-state index contributed by atoms with van der Waals surface area (Å²) >= 11 is 1.70. The molecule has 0 spiro atoms. The Bertz CT molecular complexity index is 270. The SMILES string of the molecule is CCC(CC)(CO)Cc1nc(C)cs1. The minimum Gasteiger partial charge on any atom is -0.396 e. The molecule has 1 rings (SSSR count). The van der Waals surface area contributed by atoms with Crippen molar-refractivity contribution in [2.75, 3.05) is 6.61 Å². The monoisotopic (exact) mass is 213 g/mol. The third-order valence-corrected chi connectivity index (χ3v) is 3.99. The Morgan fingerprint density at radius 1 is 1.43 bits per heavy atom. The summed E-state index contributed by atoms with van der Waals surface area (Å²) in [7, 11) is 0. The van der Waals surface area contributed by atoms with Gasteiger partial charge < -0.3 is 5.11 Å². The summed E-state index contributed by atoms with van der Waals surface area (Å²) in [5, 5.41) is 12.6. The smallest absolute Gasteiger partial charge is 0.0934 e. The largest absolute Gasteiger partial charge is 0.396 e.